The van der Waals surface area contributed by atoms with Gasteiger partial charge in [-0.25, -0.2) is 0 Å². The molecule has 0 aromatic heterocycles. The van der Waals surface area contributed by atoms with Crippen molar-refractivity contribution < 1.29 is 22.7 Å². The van der Waals surface area contributed by atoms with Crippen LogP contribution in [0.15, 0.2) is 18.2 Å². The zero-order valence-electron chi connectivity index (χ0n) is 13.2. The molecule has 1 fully saturated rings. The summed E-state index contributed by atoms with van der Waals surface area (Å²) in [6, 6.07) is 3.26. The van der Waals surface area contributed by atoms with Gasteiger partial charge in [-0.3, -0.25) is 9.69 Å². The highest BCUT2D eigenvalue weighted by Crippen LogP contribution is 2.36. The summed E-state index contributed by atoms with van der Waals surface area (Å²) in [5.74, 6) is -0.197. The lowest BCUT2D eigenvalue weighted by molar-refractivity contribution is -0.137. The second kappa shape index (κ2) is 5.40. The van der Waals surface area contributed by atoms with Crippen LogP contribution in [0.1, 0.15) is 29.8 Å². The van der Waals surface area contributed by atoms with E-state index >= 15 is 0 Å². The Balaban J connectivity index is 1.97. The van der Waals surface area contributed by atoms with E-state index in [1.54, 1.807) is 7.05 Å². The molecule has 2 heterocycles. The molecule has 126 valence electrons. The lowest BCUT2D eigenvalue weighted by atomic mass is 10.1. The first-order chi connectivity index (χ1) is 10.7. The Morgan fingerprint density at radius 1 is 1.26 bits per heavy atom. The van der Waals surface area contributed by atoms with Crippen LogP contribution >= 0.6 is 0 Å². The van der Waals surface area contributed by atoms with E-state index in [2.05, 4.69) is 18.7 Å². The van der Waals surface area contributed by atoms with E-state index in [4.69, 9.17) is 4.74 Å². The monoisotopic (exact) mass is 328 g/mol. The summed E-state index contributed by atoms with van der Waals surface area (Å²) >= 11 is 0. The largest absolute Gasteiger partial charge is 0.486 e. The van der Waals surface area contributed by atoms with E-state index in [0.29, 0.717) is 19.1 Å². The molecule has 0 radical (unpaired) electrons. The maximum absolute atomic E-state index is 12.9. The minimum atomic E-state index is -4.48. The number of likely N-dealkylation sites (N-methyl/N-ethyl adjacent to an activating group) is 1. The molecule has 0 saturated carbocycles. The number of carbonyl (C=O) groups is 1. The third kappa shape index (κ3) is 2.78. The van der Waals surface area contributed by atoms with E-state index in [1.165, 1.54) is 11.0 Å². The Morgan fingerprint density at radius 2 is 1.96 bits per heavy atom. The SMILES string of the molecule is CC(C)N1C[C@@H]2Oc3ccc(C(F)(F)F)cc3C(=O)N(C)[C@@H]2C1. The van der Waals surface area contributed by atoms with E-state index in [-0.39, 0.29) is 23.5 Å². The third-order valence-electron chi connectivity index (χ3n) is 4.63. The van der Waals surface area contributed by atoms with Crippen molar-refractivity contribution in [2.45, 2.75) is 38.2 Å². The maximum atomic E-state index is 12.9. The van der Waals surface area contributed by atoms with Crippen LogP contribution in [-0.4, -0.2) is 54.0 Å². The molecule has 0 bridgehead atoms. The molecule has 1 saturated heterocycles. The van der Waals surface area contributed by atoms with Crippen molar-refractivity contribution in [2.24, 2.45) is 0 Å². The van der Waals surface area contributed by atoms with Crippen LogP contribution in [0.3, 0.4) is 0 Å². The highest BCUT2D eigenvalue weighted by molar-refractivity contribution is 5.97. The number of rotatable bonds is 1. The number of amides is 1. The molecule has 0 spiro atoms. The number of halogens is 3. The molecule has 7 heteroatoms. The van der Waals surface area contributed by atoms with Crippen LogP contribution < -0.4 is 4.74 Å². The van der Waals surface area contributed by atoms with Crippen molar-refractivity contribution in [3.05, 3.63) is 29.3 Å². The number of carbonyl (C=O) groups excluding carboxylic acids is 1. The number of alkyl halides is 3. The molecule has 23 heavy (non-hydrogen) atoms. The molecule has 2 aliphatic rings. The molecular weight excluding hydrogens is 309 g/mol. The van der Waals surface area contributed by atoms with Crippen molar-refractivity contribution in [3.8, 4) is 5.75 Å². The van der Waals surface area contributed by atoms with Crippen molar-refractivity contribution in [3.63, 3.8) is 0 Å². The zero-order valence-corrected chi connectivity index (χ0v) is 13.2. The molecule has 0 unspecified atom stereocenters. The average Bonchev–Trinajstić information content (AvgIpc) is 2.85. The van der Waals surface area contributed by atoms with Crippen LogP contribution in [-0.2, 0) is 6.18 Å². The maximum Gasteiger partial charge on any atom is 0.416 e. The molecule has 2 atom stereocenters. The summed E-state index contributed by atoms with van der Waals surface area (Å²) in [4.78, 5) is 16.3. The van der Waals surface area contributed by atoms with Gasteiger partial charge in [0.15, 0.2) is 0 Å². The van der Waals surface area contributed by atoms with Gasteiger partial charge in [-0.2, -0.15) is 13.2 Å². The van der Waals surface area contributed by atoms with Crippen LogP contribution in [0.5, 0.6) is 5.75 Å². The van der Waals surface area contributed by atoms with Gasteiger partial charge in [0.05, 0.1) is 17.2 Å². The number of ether oxygens (including phenoxy) is 1. The number of likely N-dealkylation sites (tertiary alicyclic amines) is 1. The predicted molar refractivity (Wildman–Crippen MR) is 78.5 cm³/mol. The molecule has 4 nitrogen and oxygen atoms in total. The molecule has 1 aromatic rings. The summed E-state index contributed by atoms with van der Waals surface area (Å²) in [6.07, 6.45) is -4.71. The first-order valence-corrected chi connectivity index (χ1v) is 7.57. The van der Waals surface area contributed by atoms with E-state index in [0.717, 1.165) is 12.1 Å². The Morgan fingerprint density at radius 3 is 2.57 bits per heavy atom. The van der Waals surface area contributed by atoms with E-state index < -0.39 is 17.6 Å². The molecule has 2 aliphatic heterocycles. The first-order valence-electron chi connectivity index (χ1n) is 7.57. The third-order valence-corrected chi connectivity index (χ3v) is 4.63. The Kier molecular flexibility index (Phi) is 3.78. The van der Waals surface area contributed by atoms with Gasteiger partial charge in [-0.1, -0.05) is 0 Å². The second-order valence-electron chi connectivity index (χ2n) is 6.40. The summed E-state index contributed by atoms with van der Waals surface area (Å²) in [7, 11) is 1.63. The highest BCUT2D eigenvalue weighted by atomic mass is 19.4. The predicted octanol–water partition coefficient (Wildman–Crippen LogP) is 2.63. The van der Waals surface area contributed by atoms with Crippen molar-refractivity contribution >= 4 is 5.91 Å². The number of nitrogens with zero attached hydrogens (tertiary/aromatic N) is 2. The minimum absolute atomic E-state index is 0.0205. The van der Waals surface area contributed by atoms with Gasteiger partial charge < -0.3 is 9.64 Å². The van der Waals surface area contributed by atoms with Gasteiger partial charge in [0.25, 0.3) is 5.91 Å². The fourth-order valence-corrected chi connectivity index (χ4v) is 3.17. The van der Waals surface area contributed by atoms with Gasteiger partial charge in [0.2, 0.25) is 0 Å². The highest BCUT2D eigenvalue weighted by Gasteiger charge is 2.43. The fourth-order valence-electron chi connectivity index (χ4n) is 3.17. The van der Waals surface area contributed by atoms with Crippen LogP contribution in [0.4, 0.5) is 13.2 Å². The molecule has 0 N–H and O–H groups in total. The normalized spacial score (nSPS) is 25.2. The van der Waals surface area contributed by atoms with Crippen LogP contribution in [0.25, 0.3) is 0 Å². The number of hydrogen-bond acceptors (Lipinski definition) is 3. The lowest BCUT2D eigenvalue weighted by Gasteiger charge is -2.25. The molecule has 3 rings (SSSR count). The standard InChI is InChI=1S/C16H19F3N2O2/c1-9(2)21-7-12-14(8-21)23-13-5-4-10(16(17,18)19)6-11(13)15(22)20(12)3/h4-6,9,12,14H,7-8H2,1-3H3/t12-,14+/m1/s1. The summed E-state index contributed by atoms with van der Waals surface area (Å²) in [5.41, 5.74) is -0.856. The first kappa shape index (κ1) is 16.1. The average molecular weight is 328 g/mol. The number of fused-ring (bicyclic) bond motifs is 2. The topological polar surface area (TPSA) is 32.8 Å². The smallest absolute Gasteiger partial charge is 0.416 e. The Bertz CT molecular complexity index is 630. The van der Waals surface area contributed by atoms with Gasteiger partial charge >= 0.3 is 6.18 Å². The molecule has 1 amide bonds. The fraction of sp³-hybridized carbons (Fsp3) is 0.562. The Hall–Kier alpha value is -1.76. The second-order valence-corrected chi connectivity index (χ2v) is 6.40. The van der Waals surface area contributed by atoms with Gasteiger partial charge in [0, 0.05) is 26.2 Å². The number of benzene rings is 1. The molecule has 0 aliphatic carbocycles. The summed E-state index contributed by atoms with van der Waals surface area (Å²) in [6.45, 7) is 5.44. The van der Waals surface area contributed by atoms with Crippen molar-refractivity contribution in [2.75, 3.05) is 20.1 Å². The summed E-state index contributed by atoms with van der Waals surface area (Å²) < 4.78 is 44.5. The van der Waals surface area contributed by atoms with Gasteiger partial charge in [-0.05, 0) is 32.0 Å². The van der Waals surface area contributed by atoms with Gasteiger partial charge in [0.1, 0.15) is 11.9 Å². The zero-order chi connectivity index (χ0) is 16.9. The van der Waals surface area contributed by atoms with Gasteiger partial charge in [-0.15, -0.1) is 0 Å². The minimum Gasteiger partial charge on any atom is -0.486 e. The lowest BCUT2D eigenvalue weighted by Crippen LogP contribution is -2.44. The van der Waals surface area contributed by atoms with Crippen molar-refractivity contribution in [1.29, 1.82) is 0 Å². The quantitative estimate of drug-likeness (QED) is 0.794. The van der Waals surface area contributed by atoms with Crippen LogP contribution in [0.2, 0.25) is 0 Å². The molecular formula is C16H19F3N2O2. The number of hydrogen-bond donors (Lipinski definition) is 0. The Labute approximate surface area is 132 Å². The van der Waals surface area contributed by atoms with Crippen molar-refractivity contribution in [1.82, 2.24) is 9.80 Å². The van der Waals surface area contributed by atoms with E-state index in [9.17, 15) is 18.0 Å². The van der Waals surface area contributed by atoms with Crippen LogP contribution in [0, 0.1) is 0 Å². The summed E-state index contributed by atoms with van der Waals surface area (Å²) in [5, 5.41) is 0. The molecule has 1 aromatic carbocycles. The van der Waals surface area contributed by atoms with E-state index in [1.807, 2.05) is 0 Å².